The molecular weight excluding hydrogens is 531 g/mol. The molecule has 0 saturated carbocycles. The fraction of sp³-hybridized carbons (Fsp3) is 0.136. The van der Waals surface area contributed by atoms with Crippen LogP contribution in [0.1, 0.15) is 15.9 Å². The van der Waals surface area contributed by atoms with Crippen LogP contribution < -0.4 is 19.5 Å². The first-order valence-electron chi connectivity index (χ1n) is 9.16. The van der Waals surface area contributed by atoms with Crippen LogP contribution in [0.5, 0.6) is 11.5 Å². The molecule has 0 aliphatic heterocycles. The van der Waals surface area contributed by atoms with Crippen LogP contribution in [0.15, 0.2) is 65.6 Å². The number of carbonyl (C=O) groups excluding carboxylic acids is 1. The molecule has 0 radical (unpaired) electrons. The number of hydrogen-bond donors (Lipinski definition) is 2. The molecule has 0 unspecified atom stereocenters. The summed E-state index contributed by atoms with van der Waals surface area (Å²) >= 11 is 2.11. The highest BCUT2D eigenvalue weighted by Crippen LogP contribution is 2.31. The topological polar surface area (TPSA) is 93.7 Å². The van der Waals surface area contributed by atoms with Crippen molar-refractivity contribution in [3.63, 3.8) is 0 Å². The minimum absolute atomic E-state index is 0.0493. The summed E-state index contributed by atoms with van der Waals surface area (Å²) in [5.74, 6) is 0.615. The van der Waals surface area contributed by atoms with Gasteiger partial charge in [-0.1, -0.05) is 11.6 Å². The quantitative estimate of drug-likeness (QED) is 0.416. The lowest BCUT2D eigenvalue weighted by Crippen LogP contribution is -2.15. The number of sulfonamides is 1. The maximum atomic E-state index is 12.8. The second-order valence-electron chi connectivity index (χ2n) is 6.63. The van der Waals surface area contributed by atoms with E-state index in [0.29, 0.717) is 22.7 Å². The summed E-state index contributed by atoms with van der Waals surface area (Å²) in [6.45, 7) is 1.96. The molecule has 9 heteroatoms. The van der Waals surface area contributed by atoms with E-state index in [1.54, 1.807) is 36.4 Å². The average molecular weight is 552 g/mol. The lowest BCUT2D eigenvalue weighted by Gasteiger charge is -2.13. The number of anilines is 2. The third kappa shape index (κ3) is 5.47. The van der Waals surface area contributed by atoms with Crippen LogP contribution in [0.4, 0.5) is 11.4 Å². The highest BCUT2D eigenvalue weighted by Gasteiger charge is 2.18. The van der Waals surface area contributed by atoms with E-state index in [2.05, 4.69) is 32.6 Å². The number of hydrogen-bond acceptors (Lipinski definition) is 5. The minimum atomic E-state index is -3.86. The predicted molar refractivity (Wildman–Crippen MR) is 129 cm³/mol. The first kappa shape index (κ1) is 22.9. The van der Waals surface area contributed by atoms with E-state index in [-0.39, 0.29) is 16.5 Å². The van der Waals surface area contributed by atoms with E-state index in [4.69, 9.17) is 9.47 Å². The Bertz CT molecular complexity index is 1210. The van der Waals surface area contributed by atoms with Crippen LogP contribution in [0.2, 0.25) is 0 Å². The van der Waals surface area contributed by atoms with Crippen LogP contribution in [0.3, 0.4) is 0 Å². The molecule has 0 saturated heterocycles. The summed E-state index contributed by atoms with van der Waals surface area (Å²) in [6.07, 6.45) is 0. The van der Waals surface area contributed by atoms with Gasteiger partial charge in [0.1, 0.15) is 11.5 Å². The second-order valence-corrected chi connectivity index (χ2v) is 9.48. The molecule has 0 aromatic heterocycles. The Kier molecular flexibility index (Phi) is 7.06. The van der Waals surface area contributed by atoms with Gasteiger partial charge in [-0.3, -0.25) is 9.52 Å². The van der Waals surface area contributed by atoms with Crippen molar-refractivity contribution in [1.82, 2.24) is 0 Å². The van der Waals surface area contributed by atoms with Crippen LogP contribution in [-0.4, -0.2) is 28.5 Å². The molecule has 0 heterocycles. The van der Waals surface area contributed by atoms with Gasteiger partial charge in [-0.05, 0) is 78.0 Å². The molecule has 0 fully saturated rings. The van der Waals surface area contributed by atoms with Gasteiger partial charge in [-0.25, -0.2) is 8.42 Å². The van der Waals surface area contributed by atoms with E-state index in [1.807, 2.05) is 19.1 Å². The first-order valence-corrected chi connectivity index (χ1v) is 11.7. The van der Waals surface area contributed by atoms with E-state index in [1.165, 1.54) is 26.4 Å². The van der Waals surface area contributed by atoms with Crippen LogP contribution in [-0.2, 0) is 10.0 Å². The van der Waals surface area contributed by atoms with Gasteiger partial charge in [-0.15, -0.1) is 0 Å². The summed E-state index contributed by atoms with van der Waals surface area (Å²) in [5.41, 5.74) is 2.39. The van der Waals surface area contributed by atoms with Gasteiger partial charge >= 0.3 is 0 Å². The number of carbonyl (C=O) groups is 1. The lowest BCUT2D eigenvalue weighted by molar-refractivity contribution is 0.102. The van der Waals surface area contributed by atoms with Crippen molar-refractivity contribution >= 4 is 49.9 Å². The maximum absolute atomic E-state index is 12.8. The number of halogens is 1. The van der Waals surface area contributed by atoms with Gasteiger partial charge in [0.2, 0.25) is 0 Å². The van der Waals surface area contributed by atoms with Gasteiger partial charge in [0.25, 0.3) is 15.9 Å². The summed E-state index contributed by atoms with van der Waals surface area (Å²) in [5, 5.41) is 2.78. The van der Waals surface area contributed by atoms with Crippen molar-refractivity contribution in [1.29, 1.82) is 0 Å². The van der Waals surface area contributed by atoms with E-state index in [0.717, 1.165) is 9.13 Å². The third-order valence-electron chi connectivity index (χ3n) is 4.44. The highest BCUT2D eigenvalue weighted by atomic mass is 127. The molecule has 7 nitrogen and oxygen atoms in total. The van der Waals surface area contributed by atoms with Gasteiger partial charge in [-0.2, -0.15) is 0 Å². The summed E-state index contributed by atoms with van der Waals surface area (Å²) in [4.78, 5) is 12.6. The number of nitrogens with one attached hydrogen (secondary N) is 2. The molecule has 0 bridgehead atoms. The Hall–Kier alpha value is -2.79. The van der Waals surface area contributed by atoms with Crippen molar-refractivity contribution in [2.45, 2.75) is 11.8 Å². The molecule has 1 amide bonds. The molecule has 0 aliphatic rings. The SMILES string of the molecule is COc1ccc(NS(=O)(=O)c2ccc(NC(=O)c3ccc(C)cc3I)cc2)c(OC)c1. The molecule has 3 aromatic carbocycles. The molecule has 0 atom stereocenters. The number of rotatable bonds is 7. The largest absolute Gasteiger partial charge is 0.497 e. The van der Waals surface area contributed by atoms with Crippen LogP contribution in [0, 0.1) is 10.5 Å². The maximum Gasteiger partial charge on any atom is 0.262 e. The molecule has 3 rings (SSSR count). The Morgan fingerprint density at radius 2 is 1.65 bits per heavy atom. The van der Waals surface area contributed by atoms with Gasteiger partial charge in [0.05, 0.1) is 30.4 Å². The van der Waals surface area contributed by atoms with Crippen molar-refractivity contribution in [2.75, 3.05) is 24.3 Å². The zero-order chi connectivity index (χ0) is 22.6. The van der Waals surface area contributed by atoms with Crippen molar-refractivity contribution < 1.29 is 22.7 Å². The van der Waals surface area contributed by atoms with Gasteiger partial charge < -0.3 is 14.8 Å². The molecule has 0 spiro atoms. The van der Waals surface area contributed by atoms with Crippen LogP contribution >= 0.6 is 22.6 Å². The normalized spacial score (nSPS) is 11.0. The van der Waals surface area contributed by atoms with E-state index in [9.17, 15) is 13.2 Å². The number of aryl methyl sites for hydroxylation is 1. The Morgan fingerprint density at radius 1 is 0.935 bits per heavy atom. The Morgan fingerprint density at radius 3 is 2.26 bits per heavy atom. The van der Waals surface area contributed by atoms with Gasteiger partial charge in [0.15, 0.2) is 0 Å². The number of benzene rings is 3. The molecule has 2 N–H and O–H groups in total. The van der Waals surface area contributed by atoms with E-state index < -0.39 is 10.0 Å². The van der Waals surface area contributed by atoms with Crippen molar-refractivity contribution in [3.8, 4) is 11.5 Å². The Labute approximate surface area is 195 Å². The molecule has 162 valence electrons. The number of methoxy groups -OCH3 is 2. The summed E-state index contributed by atoms with van der Waals surface area (Å²) in [7, 11) is -0.903. The van der Waals surface area contributed by atoms with Gasteiger partial charge in [0, 0.05) is 15.3 Å². The van der Waals surface area contributed by atoms with E-state index >= 15 is 0 Å². The first-order chi connectivity index (χ1) is 14.7. The lowest BCUT2D eigenvalue weighted by atomic mass is 10.1. The predicted octanol–water partition coefficient (Wildman–Crippen LogP) is 4.67. The molecule has 31 heavy (non-hydrogen) atoms. The third-order valence-corrected chi connectivity index (χ3v) is 6.72. The number of amides is 1. The van der Waals surface area contributed by atoms with Crippen LogP contribution in [0.25, 0.3) is 0 Å². The van der Waals surface area contributed by atoms with Crippen molar-refractivity contribution in [3.05, 3.63) is 75.4 Å². The zero-order valence-corrected chi connectivity index (χ0v) is 20.1. The molecular formula is C22H21IN2O5S. The monoisotopic (exact) mass is 552 g/mol. The fourth-order valence-electron chi connectivity index (χ4n) is 2.81. The van der Waals surface area contributed by atoms with Crippen molar-refractivity contribution in [2.24, 2.45) is 0 Å². The highest BCUT2D eigenvalue weighted by molar-refractivity contribution is 14.1. The smallest absolute Gasteiger partial charge is 0.262 e. The number of ether oxygens (including phenoxy) is 2. The fourth-order valence-corrected chi connectivity index (χ4v) is 4.79. The minimum Gasteiger partial charge on any atom is -0.497 e. The summed E-state index contributed by atoms with van der Waals surface area (Å²) in [6, 6.07) is 16.3. The molecule has 3 aromatic rings. The second kappa shape index (κ2) is 9.56. The zero-order valence-electron chi connectivity index (χ0n) is 17.1. The summed E-state index contributed by atoms with van der Waals surface area (Å²) < 4.78 is 39.2. The average Bonchev–Trinajstić information content (AvgIpc) is 2.74. The molecule has 0 aliphatic carbocycles. The standard InChI is InChI=1S/C22H21IN2O5S/c1-14-4-10-18(19(23)12-14)22(26)24-15-5-8-17(9-6-15)31(27,28)25-20-11-7-16(29-2)13-21(20)30-3/h4-13,25H,1-3H3,(H,24,26). The Balaban J connectivity index is 1.76.